The van der Waals surface area contributed by atoms with Gasteiger partial charge in [-0.2, -0.15) is 0 Å². The smallest absolute Gasteiger partial charge is 0.241 e. The van der Waals surface area contributed by atoms with Gasteiger partial charge in [-0.05, 0) is 25.0 Å². The highest BCUT2D eigenvalue weighted by atomic mass is 35.7. The zero-order valence-corrected chi connectivity index (χ0v) is 10.6. The van der Waals surface area contributed by atoms with E-state index in [1.807, 2.05) is 6.07 Å². The molecule has 1 aromatic heterocycles. The first kappa shape index (κ1) is 10.5. The van der Waals surface area contributed by atoms with E-state index in [1.165, 1.54) is 17.4 Å². The first-order valence-corrected chi connectivity index (χ1v) is 8.02. The van der Waals surface area contributed by atoms with Crippen LogP contribution in [-0.2, 0) is 9.05 Å². The van der Waals surface area contributed by atoms with Crippen LogP contribution in [0.2, 0.25) is 0 Å². The molecule has 0 aliphatic heterocycles. The lowest BCUT2D eigenvalue weighted by atomic mass is 10.3. The van der Waals surface area contributed by atoms with Gasteiger partial charge in [-0.1, -0.05) is 6.07 Å². The number of rotatable bonds is 2. The summed E-state index contributed by atoms with van der Waals surface area (Å²) in [5.41, 5.74) is 0.730. The molecule has 2 aromatic rings. The summed E-state index contributed by atoms with van der Waals surface area (Å²) in [4.78, 5) is 4.62. The molecule has 0 saturated heterocycles. The highest BCUT2D eigenvalue weighted by molar-refractivity contribution is 8.14. The van der Waals surface area contributed by atoms with Crippen LogP contribution in [0.4, 0.5) is 0 Å². The largest absolute Gasteiger partial charge is 0.262 e. The number of benzene rings is 1. The van der Waals surface area contributed by atoms with E-state index in [-0.39, 0.29) is 4.90 Å². The topological polar surface area (TPSA) is 47.0 Å². The van der Waals surface area contributed by atoms with E-state index in [2.05, 4.69) is 4.98 Å². The Labute approximate surface area is 101 Å². The Kier molecular flexibility index (Phi) is 2.24. The standard InChI is InChI=1S/C10H8ClNO2S2/c11-16(13,14)8-3-1-2-7-9(8)15-10(12-7)6-4-5-6/h1-3,6H,4-5H2. The SMILES string of the molecule is O=S(=O)(Cl)c1cccc2nc(C3CC3)sc12. The maximum absolute atomic E-state index is 11.4. The molecular weight excluding hydrogens is 266 g/mol. The second kappa shape index (κ2) is 3.42. The summed E-state index contributed by atoms with van der Waals surface area (Å²) in [5, 5.41) is 1.03. The Morgan fingerprint density at radius 1 is 1.38 bits per heavy atom. The van der Waals surface area contributed by atoms with Crippen molar-refractivity contribution in [2.45, 2.75) is 23.7 Å². The third-order valence-corrected chi connectivity index (χ3v) is 5.35. The average molecular weight is 274 g/mol. The van der Waals surface area contributed by atoms with Gasteiger partial charge >= 0.3 is 0 Å². The molecule has 6 heteroatoms. The number of hydrogen-bond acceptors (Lipinski definition) is 4. The molecule has 1 aromatic carbocycles. The molecule has 1 heterocycles. The first-order valence-electron chi connectivity index (χ1n) is 4.90. The van der Waals surface area contributed by atoms with Gasteiger partial charge in [-0.3, -0.25) is 0 Å². The Morgan fingerprint density at radius 3 is 2.75 bits per heavy atom. The minimum absolute atomic E-state index is 0.177. The van der Waals surface area contributed by atoms with Crippen molar-refractivity contribution in [1.29, 1.82) is 0 Å². The lowest BCUT2D eigenvalue weighted by Gasteiger charge is -1.95. The van der Waals surface area contributed by atoms with Crippen molar-refractivity contribution >= 4 is 41.3 Å². The first-order chi connectivity index (χ1) is 7.55. The lowest BCUT2D eigenvalue weighted by molar-refractivity contribution is 0.610. The van der Waals surface area contributed by atoms with Crippen molar-refractivity contribution in [3.63, 3.8) is 0 Å². The van der Waals surface area contributed by atoms with Gasteiger partial charge in [0.05, 0.1) is 15.2 Å². The van der Waals surface area contributed by atoms with Gasteiger partial charge in [0.25, 0.3) is 9.05 Å². The summed E-state index contributed by atoms with van der Waals surface area (Å²) < 4.78 is 23.5. The zero-order chi connectivity index (χ0) is 11.3. The van der Waals surface area contributed by atoms with Crippen molar-refractivity contribution in [3.8, 4) is 0 Å². The highest BCUT2D eigenvalue weighted by Gasteiger charge is 2.28. The van der Waals surface area contributed by atoms with Crippen molar-refractivity contribution in [2.24, 2.45) is 0 Å². The maximum atomic E-state index is 11.4. The molecule has 0 atom stereocenters. The number of nitrogens with zero attached hydrogens (tertiary/aromatic N) is 1. The van der Waals surface area contributed by atoms with Gasteiger partial charge in [0, 0.05) is 16.6 Å². The maximum Gasteiger partial charge on any atom is 0.262 e. The number of thiazole rings is 1. The summed E-state index contributed by atoms with van der Waals surface area (Å²) in [6, 6.07) is 5.02. The molecule has 1 aliphatic carbocycles. The van der Waals surface area contributed by atoms with Crippen molar-refractivity contribution < 1.29 is 8.42 Å². The fourth-order valence-corrected chi connectivity index (χ4v) is 4.32. The lowest BCUT2D eigenvalue weighted by Crippen LogP contribution is -1.89. The molecule has 84 valence electrons. The molecule has 1 fully saturated rings. The predicted octanol–water partition coefficient (Wildman–Crippen LogP) is 3.10. The van der Waals surface area contributed by atoms with Gasteiger partial charge in [0.15, 0.2) is 0 Å². The number of fused-ring (bicyclic) bond motifs is 1. The summed E-state index contributed by atoms with van der Waals surface area (Å²) in [6.07, 6.45) is 2.31. The third-order valence-electron chi connectivity index (χ3n) is 2.58. The van der Waals surface area contributed by atoms with Crippen LogP contribution >= 0.6 is 22.0 Å². The zero-order valence-electron chi connectivity index (χ0n) is 8.18. The van der Waals surface area contributed by atoms with Crippen LogP contribution in [0, 0.1) is 0 Å². The van der Waals surface area contributed by atoms with Crippen LogP contribution in [0.1, 0.15) is 23.8 Å². The molecule has 0 spiro atoms. The van der Waals surface area contributed by atoms with Gasteiger partial charge in [0.1, 0.15) is 4.90 Å². The van der Waals surface area contributed by atoms with Crippen molar-refractivity contribution in [3.05, 3.63) is 23.2 Å². The average Bonchev–Trinajstić information content (AvgIpc) is 2.95. The van der Waals surface area contributed by atoms with Crippen LogP contribution < -0.4 is 0 Å². The highest BCUT2D eigenvalue weighted by Crippen LogP contribution is 2.44. The van der Waals surface area contributed by atoms with Crippen LogP contribution in [0.5, 0.6) is 0 Å². The molecule has 16 heavy (non-hydrogen) atoms. The normalized spacial score (nSPS) is 16.8. The van der Waals surface area contributed by atoms with E-state index in [4.69, 9.17) is 10.7 Å². The van der Waals surface area contributed by atoms with E-state index in [9.17, 15) is 8.42 Å². The van der Waals surface area contributed by atoms with Gasteiger partial charge in [0.2, 0.25) is 0 Å². The quantitative estimate of drug-likeness (QED) is 0.790. The Hall–Kier alpha value is -0.650. The van der Waals surface area contributed by atoms with Gasteiger partial charge < -0.3 is 0 Å². The van der Waals surface area contributed by atoms with E-state index in [0.29, 0.717) is 10.6 Å². The fourth-order valence-electron chi connectivity index (χ4n) is 1.64. The van der Waals surface area contributed by atoms with Gasteiger partial charge in [-0.15, -0.1) is 11.3 Å². The Balaban J connectivity index is 2.29. The van der Waals surface area contributed by atoms with Crippen LogP contribution in [-0.4, -0.2) is 13.4 Å². The molecule has 0 unspecified atom stereocenters. The summed E-state index contributed by atoms with van der Waals surface area (Å²) in [7, 11) is 1.71. The molecule has 1 saturated carbocycles. The number of halogens is 1. The monoisotopic (exact) mass is 273 g/mol. The second-order valence-electron chi connectivity index (χ2n) is 3.87. The van der Waals surface area contributed by atoms with E-state index in [1.54, 1.807) is 6.07 Å². The molecule has 3 nitrogen and oxygen atoms in total. The molecule has 3 rings (SSSR count). The molecule has 0 N–H and O–H groups in total. The minimum Gasteiger partial charge on any atom is -0.241 e. The van der Waals surface area contributed by atoms with Crippen LogP contribution in [0.15, 0.2) is 23.1 Å². The van der Waals surface area contributed by atoms with Crippen molar-refractivity contribution in [2.75, 3.05) is 0 Å². The summed E-state index contributed by atoms with van der Waals surface area (Å²) in [5.74, 6) is 0.531. The number of aromatic nitrogens is 1. The Morgan fingerprint density at radius 2 is 2.12 bits per heavy atom. The van der Waals surface area contributed by atoms with E-state index < -0.39 is 9.05 Å². The molecule has 0 radical (unpaired) electrons. The molecule has 1 aliphatic rings. The predicted molar refractivity (Wildman–Crippen MR) is 64.6 cm³/mol. The Bertz CT molecular complexity index is 659. The number of hydrogen-bond donors (Lipinski definition) is 0. The van der Waals surface area contributed by atoms with Crippen LogP contribution in [0.25, 0.3) is 10.2 Å². The molecule has 0 bridgehead atoms. The van der Waals surface area contributed by atoms with Crippen LogP contribution in [0.3, 0.4) is 0 Å². The van der Waals surface area contributed by atoms with Gasteiger partial charge in [-0.25, -0.2) is 13.4 Å². The minimum atomic E-state index is -3.68. The van der Waals surface area contributed by atoms with Crippen molar-refractivity contribution in [1.82, 2.24) is 4.98 Å². The third kappa shape index (κ3) is 1.73. The molecular formula is C10H8ClNO2S2. The summed E-state index contributed by atoms with van der Waals surface area (Å²) >= 11 is 1.45. The fraction of sp³-hybridized carbons (Fsp3) is 0.300. The van der Waals surface area contributed by atoms with E-state index in [0.717, 1.165) is 23.4 Å². The second-order valence-corrected chi connectivity index (χ2v) is 7.43. The summed E-state index contributed by atoms with van der Waals surface area (Å²) in [6.45, 7) is 0. The molecule has 0 amide bonds. The van der Waals surface area contributed by atoms with E-state index >= 15 is 0 Å².